The third-order valence-electron chi connectivity index (χ3n) is 2.62. The van der Waals surface area contributed by atoms with Gasteiger partial charge in [0, 0.05) is 11.7 Å². The summed E-state index contributed by atoms with van der Waals surface area (Å²) < 4.78 is 4.88. The van der Waals surface area contributed by atoms with E-state index in [9.17, 15) is 9.59 Å². The zero-order chi connectivity index (χ0) is 15.3. The number of ether oxygens (including phenoxy) is 1. The number of hydrogen-bond donors (Lipinski definition) is 2. The van der Waals surface area contributed by atoms with Crippen LogP contribution in [0.5, 0.6) is 0 Å². The minimum atomic E-state index is -0.747. The summed E-state index contributed by atoms with van der Waals surface area (Å²) in [7, 11) is 0. The molecule has 5 nitrogen and oxygen atoms in total. The Hall–Kier alpha value is -1.46. The zero-order valence-electron chi connectivity index (χ0n) is 11.2. The van der Waals surface area contributed by atoms with Crippen molar-refractivity contribution < 1.29 is 14.3 Å². The minimum Gasteiger partial charge on any atom is -0.452 e. The number of anilines is 1. The van der Waals surface area contributed by atoms with Gasteiger partial charge < -0.3 is 15.8 Å². The molecule has 0 aliphatic heterocycles. The highest BCUT2D eigenvalue weighted by Crippen LogP contribution is 2.29. The van der Waals surface area contributed by atoms with E-state index >= 15 is 0 Å². The molecule has 1 unspecified atom stereocenters. The first-order chi connectivity index (χ1) is 9.35. The zero-order valence-corrected chi connectivity index (χ0v) is 12.7. The van der Waals surface area contributed by atoms with Crippen molar-refractivity contribution in [2.75, 3.05) is 12.3 Å². The van der Waals surface area contributed by atoms with Crippen LogP contribution in [0.3, 0.4) is 0 Å². The molecule has 0 bridgehead atoms. The molecule has 0 saturated carbocycles. The van der Waals surface area contributed by atoms with Crippen LogP contribution in [-0.4, -0.2) is 24.5 Å². The molecule has 0 heterocycles. The van der Waals surface area contributed by atoms with Crippen LogP contribution in [0, 0.1) is 0 Å². The van der Waals surface area contributed by atoms with Crippen molar-refractivity contribution in [1.82, 2.24) is 5.32 Å². The van der Waals surface area contributed by atoms with Gasteiger partial charge in [-0.2, -0.15) is 0 Å². The Labute approximate surface area is 127 Å². The summed E-state index contributed by atoms with van der Waals surface area (Å²) >= 11 is 11.7. The lowest BCUT2D eigenvalue weighted by atomic mass is 10.2. The molecule has 0 saturated heterocycles. The summed E-state index contributed by atoms with van der Waals surface area (Å²) in [5.41, 5.74) is 5.90. The van der Waals surface area contributed by atoms with Crippen molar-refractivity contribution in [3.63, 3.8) is 0 Å². The number of amides is 1. The smallest absolute Gasteiger partial charge is 0.340 e. The summed E-state index contributed by atoms with van der Waals surface area (Å²) in [6, 6.07) is 2.80. The second kappa shape index (κ2) is 7.36. The lowest BCUT2D eigenvalue weighted by Gasteiger charge is -2.12. The highest BCUT2D eigenvalue weighted by molar-refractivity contribution is 6.44. The Kier molecular flexibility index (Phi) is 6.10. The van der Waals surface area contributed by atoms with E-state index in [-0.39, 0.29) is 39.9 Å². The van der Waals surface area contributed by atoms with Crippen molar-refractivity contribution >= 4 is 40.8 Å². The largest absolute Gasteiger partial charge is 0.452 e. The fourth-order valence-corrected chi connectivity index (χ4v) is 1.80. The molecule has 3 N–H and O–H groups in total. The maximum absolute atomic E-state index is 11.8. The lowest BCUT2D eigenvalue weighted by molar-refractivity contribution is -0.124. The van der Waals surface area contributed by atoms with E-state index in [1.165, 1.54) is 12.1 Å². The van der Waals surface area contributed by atoms with Crippen molar-refractivity contribution in [2.24, 2.45) is 0 Å². The van der Waals surface area contributed by atoms with Gasteiger partial charge in [-0.15, -0.1) is 0 Å². The molecule has 1 aromatic rings. The summed E-state index contributed by atoms with van der Waals surface area (Å²) in [4.78, 5) is 23.3. The number of carbonyl (C=O) groups is 2. The van der Waals surface area contributed by atoms with Crippen LogP contribution in [0.4, 0.5) is 5.69 Å². The molecule has 1 atom stereocenters. The average Bonchev–Trinajstić information content (AvgIpc) is 2.39. The molecule has 0 aliphatic rings. The number of nitrogen functional groups attached to an aromatic ring is 1. The van der Waals surface area contributed by atoms with Crippen LogP contribution in [0.1, 0.15) is 30.6 Å². The lowest BCUT2D eigenvalue weighted by Crippen LogP contribution is -2.35. The molecule has 0 aromatic heterocycles. The Bertz CT molecular complexity index is 521. The first kappa shape index (κ1) is 16.6. The van der Waals surface area contributed by atoms with E-state index in [0.717, 1.165) is 6.42 Å². The topological polar surface area (TPSA) is 81.4 Å². The number of nitrogens with one attached hydrogen (secondary N) is 1. The fraction of sp³-hybridized carbons (Fsp3) is 0.385. The number of rotatable bonds is 5. The molecule has 0 spiro atoms. The minimum absolute atomic E-state index is 0.0200. The predicted octanol–water partition coefficient (Wildman–Crippen LogP) is 2.65. The molecule has 1 aromatic carbocycles. The Balaban J connectivity index is 2.66. The first-order valence-corrected chi connectivity index (χ1v) is 6.81. The molecule has 110 valence electrons. The molecule has 1 rings (SSSR count). The monoisotopic (exact) mass is 318 g/mol. The van der Waals surface area contributed by atoms with Crippen molar-refractivity contribution in [2.45, 2.75) is 26.3 Å². The van der Waals surface area contributed by atoms with Gasteiger partial charge in [0.25, 0.3) is 5.91 Å². The number of hydrogen-bond acceptors (Lipinski definition) is 4. The van der Waals surface area contributed by atoms with Crippen LogP contribution < -0.4 is 11.1 Å². The second-order valence-corrected chi connectivity index (χ2v) is 5.10. The van der Waals surface area contributed by atoms with E-state index < -0.39 is 5.97 Å². The molecular formula is C13H16Cl2N2O3. The fourth-order valence-electron chi connectivity index (χ4n) is 1.39. The molecule has 7 heteroatoms. The third-order valence-corrected chi connectivity index (χ3v) is 3.43. The average molecular weight is 319 g/mol. The number of carbonyl (C=O) groups excluding carboxylic acids is 2. The standard InChI is InChI=1S/C13H16Cl2N2O3/c1-3-7(2)17-11(18)6-20-13(19)9-4-8(16)5-10(14)12(9)15/h4-5,7H,3,6,16H2,1-2H3,(H,17,18). The molecule has 0 radical (unpaired) electrons. The Morgan fingerprint density at radius 1 is 1.40 bits per heavy atom. The van der Waals surface area contributed by atoms with Gasteiger partial charge in [-0.3, -0.25) is 4.79 Å². The molecule has 0 fully saturated rings. The highest BCUT2D eigenvalue weighted by atomic mass is 35.5. The number of benzene rings is 1. The van der Waals surface area contributed by atoms with Gasteiger partial charge in [0.15, 0.2) is 6.61 Å². The van der Waals surface area contributed by atoms with E-state index in [0.29, 0.717) is 0 Å². The molecule has 1 amide bonds. The molecule has 20 heavy (non-hydrogen) atoms. The van der Waals surface area contributed by atoms with Crippen LogP contribution in [0.2, 0.25) is 10.0 Å². The van der Waals surface area contributed by atoms with E-state index in [1.54, 1.807) is 0 Å². The summed E-state index contributed by atoms with van der Waals surface area (Å²) in [6.07, 6.45) is 0.788. The summed E-state index contributed by atoms with van der Waals surface area (Å²) in [5, 5.41) is 2.88. The van der Waals surface area contributed by atoms with Crippen molar-refractivity contribution in [3.05, 3.63) is 27.7 Å². The van der Waals surface area contributed by atoms with Crippen LogP contribution in [0.25, 0.3) is 0 Å². The quantitative estimate of drug-likeness (QED) is 0.646. The van der Waals surface area contributed by atoms with E-state index in [4.69, 9.17) is 33.7 Å². The Morgan fingerprint density at radius 3 is 2.65 bits per heavy atom. The van der Waals surface area contributed by atoms with Gasteiger partial charge in [-0.1, -0.05) is 30.1 Å². The second-order valence-electron chi connectivity index (χ2n) is 4.32. The van der Waals surface area contributed by atoms with Crippen LogP contribution in [-0.2, 0) is 9.53 Å². The van der Waals surface area contributed by atoms with Gasteiger partial charge in [0.05, 0.1) is 15.6 Å². The summed E-state index contributed by atoms with van der Waals surface area (Å²) in [6.45, 7) is 3.41. The maximum atomic E-state index is 11.8. The summed E-state index contributed by atoms with van der Waals surface area (Å²) in [5.74, 6) is -1.12. The van der Waals surface area contributed by atoms with E-state index in [2.05, 4.69) is 5.32 Å². The highest BCUT2D eigenvalue weighted by Gasteiger charge is 2.17. The number of halogens is 2. The van der Waals surface area contributed by atoms with Gasteiger partial charge in [-0.05, 0) is 25.5 Å². The van der Waals surface area contributed by atoms with E-state index in [1.807, 2.05) is 13.8 Å². The molecular weight excluding hydrogens is 303 g/mol. The van der Waals surface area contributed by atoms with Crippen molar-refractivity contribution in [3.8, 4) is 0 Å². The van der Waals surface area contributed by atoms with Gasteiger partial charge >= 0.3 is 5.97 Å². The predicted molar refractivity (Wildman–Crippen MR) is 79.1 cm³/mol. The van der Waals surface area contributed by atoms with Gasteiger partial charge in [0.1, 0.15) is 0 Å². The van der Waals surface area contributed by atoms with Gasteiger partial charge in [-0.25, -0.2) is 4.79 Å². The van der Waals surface area contributed by atoms with Crippen LogP contribution in [0.15, 0.2) is 12.1 Å². The van der Waals surface area contributed by atoms with Crippen LogP contribution >= 0.6 is 23.2 Å². The first-order valence-electron chi connectivity index (χ1n) is 6.06. The normalized spacial score (nSPS) is 11.8. The van der Waals surface area contributed by atoms with Crippen molar-refractivity contribution in [1.29, 1.82) is 0 Å². The third kappa shape index (κ3) is 4.58. The van der Waals surface area contributed by atoms with Gasteiger partial charge in [0.2, 0.25) is 0 Å². The number of nitrogens with two attached hydrogens (primary N) is 1. The molecule has 0 aliphatic carbocycles. The number of esters is 1. The Morgan fingerprint density at radius 2 is 2.05 bits per heavy atom. The SMILES string of the molecule is CCC(C)NC(=O)COC(=O)c1cc(N)cc(Cl)c1Cl. The maximum Gasteiger partial charge on any atom is 0.340 e.